The lowest BCUT2D eigenvalue weighted by atomic mass is 9.90. The topological polar surface area (TPSA) is 17.8 Å². The van der Waals surface area contributed by atoms with Gasteiger partial charge in [0, 0.05) is 42.1 Å². The van der Waals surface area contributed by atoms with Crippen LogP contribution in [0.2, 0.25) is 0 Å². The molecular weight excluding hydrogens is 817 g/mol. The SMILES string of the molecule is c1ccc(-c2cc(-n3c4ccc(-c5cccc6ccccc56)cc4c4cc5c6cc(-c7ccc8sc9ccccc9c8c7)ccc6c6ccccc6c5cc43)cc(-c3ccccc3)n2)cc1. The molecule has 3 aromatic heterocycles. The van der Waals surface area contributed by atoms with E-state index in [2.05, 4.69) is 235 Å². The van der Waals surface area contributed by atoms with Crippen molar-refractivity contribution in [3.8, 4) is 50.5 Å². The van der Waals surface area contributed by atoms with Crippen molar-refractivity contribution < 1.29 is 0 Å². The number of hydrogen-bond acceptors (Lipinski definition) is 2. The smallest absolute Gasteiger partial charge is 0.0730 e. The summed E-state index contributed by atoms with van der Waals surface area (Å²) in [5, 5.41) is 15.1. The average molecular weight is 855 g/mol. The molecule has 11 aromatic carbocycles. The van der Waals surface area contributed by atoms with Crippen LogP contribution in [0.15, 0.2) is 231 Å². The number of thiophene rings is 1. The zero-order valence-electron chi connectivity index (χ0n) is 35.7. The second kappa shape index (κ2) is 14.6. The Labute approximate surface area is 384 Å². The molecule has 0 bridgehead atoms. The molecule has 0 unspecified atom stereocenters. The van der Waals surface area contributed by atoms with Gasteiger partial charge in [-0.05, 0) is 126 Å². The maximum atomic E-state index is 5.30. The van der Waals surface area contributed by atoms with Crippen molar-refractivity contribution in [2.45, 2.75) is 0 Å². The summed E-state index contributed by atoms with van der Waals surface area (Å²) >= 11 is 1.87. The summed E-state index contributed by atoms with van der Waals surface area (Å²) < 4.78 is 5.12. The van der Waals surface area contributed by atoms with Gasteiger partial charge in [0.2, 0.25) is 0 Å². The maximum Gasteiger partial charge on any atom is 0.0730 e. The lowest BCUT2D eigenvalue weighted by Crippen LogP contribution is -1.98. The quantitative estimate of drug-likeness (QED) is 0.158. The van der Waals surface area contributed by atoms with E-state index in [1.54, 1.807) is 0 Å². The third-order valence-electron chi connectivity index (χ3n) is 13.7. The predicted octanol–water partition coefficient (Wildman–Crippen LogP) is 17.8. The van der Waals surface area contributed by atoms with Gasteiger partial charge >= 0.3 is 0 Å². The van der Waals surface area contributed by atoms with E-state index >= 15 is 0 Å². The van der Waals surface area contributed by atoms with Gasteiger partial charge < -0.3 is 4.57 Å². The summed E-state index contributed by atoms with van der Waals surface area (Å²) in [4.78, 5) is 5.30. The highest BCUT2D eigenvalue weighted by Crippen LogP contribution is 2.45. The van der Waals surface area contributed by atoms with E-state index in [9.17, 15) is 0 Å². The Morgan fingerprint density at radius 1 is 0.288 bits per heavy atom. The minimum absolute atomic E-state index is 0.938. The van der Waals surface area contributed by atoms with Crippen molar-refractivity contribution >= 4 is 96.4 Å². The fourth-order valence-corrected chi connectivity index (χ4v) is 11.7. The van der Waals surface area contributed by atoms with E-state index in [1.807, 2.05) is 11.3 Å². The molecule has 0 fully saturated rings. The van der Waals surface area contributed by atoms with Crippen molar-refractivity contribution in [3.63, 3.8) is 0 Å². The largest absolute Gasteiger partial charge is 0.309 e. The molecule has 66 heavy (non-hydrogen) atoms. The molecule has 14 aromatic rings. The third-order valence-corrected chi connectivity index (χ3v) is 14.9. The normalized spacial score (nSPS) is 11.9. The number of nitrogens with zero attached hydrogens (tertiary/aromatic N) is 2. The molecule has 0 spiro atoms. The standard InChI is InChI=1S/C63H38N2S/c1-3-15-40(16-4-1)58-35-45(36-59(64-58)41-17-5-2-6-18-41)65-60-30-27-44(47-24-13-19-39-14-7-8-20-46(39)47)34-55(60)56-37-53-52-32-42(43-28-31-63-57(33-43)51-23-11-12-25-62(51)66-63)26-29-50(52)48-21-9-10-22-49(48)54(53)38-61(56)65/h1-38H. The summed E-state index contributed by atoms with van der Waals surface area (Å²) in [6.07, 6.45) is 0. The van der Waals surface area contributed by atoms with Crippen molar-refractivity contribution in [1.82, 2.24) is 9.55 Å². The van der Waals surface area contributed by atoms with Crippen molar-refractivity contribution in [2.24, 2.45) is 0 Å². The highest BCUT2D eigenvalue weighted by molar-refractivity contribution is 7.25. The summed E-state index contributed by atoms with van der Waals surface area (Å²) in [7, 11) is 0. The highest BCUT2D eigenvalue weighted by Gasteiger charge is 2.20. The molecule has 0 aliphatic carbocycles. The van der Waals surface area contributed by atoms with Gasteiger partial charge in [-0.2, -0.15) is 0 Å². The maximum absolute atomic E-state index is 5.30. The lowest BCUT2D eigenvalue weighted by molar-refractivity contribution is 1.16. The molecule has 14 rings (SSSR count). The van der Waals surface area contributed by atoms with E-state index < -0.39 is 0 Å². The van der Waals surface area contributed by atoms with Crippen molar-refractivity contribution in [1.29, 1.82) is 0 Å². The van der Waals surface area contributed by atoms with Crippen LogP contribution in [0.5, 0.6) is 0 Å². The monoisotopic (exact) mass is 854 g/mol. The molecule has 0 amide bonds. The highest BCUT2D eigenvalue weighted by atomic mass is 32.1. The number of benzene rings is 11. The Kier molecular flexibility index (Phi) is 8.19. The Morgan fingerprint density at radius 3 is 1.59 bits per heavy atom. The van der Waals surface area contributed by atoms with Gasteiger partial charge in [0.15, 0.2) is 0 Å². The minimum Gasteiger partial charge on any atom is -0.309 e. The zero-order valence-corrected chi connectivity index (χ0v) is 36.6. The Balaban J connectivity index is 1.09. The summed E-state index contributed by atoms with van der Waals surface area (Å²) in [6.45, 7) is 0. The van der Waals surface area contributed by atoms with Gasteiger partial charge in [-0.25, -0.2) is 4.98 Å². The Hall–Kier alpha value is -8.37. The van der Waals surface area contributed by atoms with Gasteiger partial charge in [0.05, 0.1) is 28.1 Å². The van der Waals surface area contributed by atoms with E-state index in [0.29, 0.717) is 0 Å². The van der Waals surface area contributed by atoms with Crippen LogP contribution in [0.4, 0.5) is 0 Å². The minimum atomic E-state index is 0.938. The van der Waals surface area contributed by atoms with Crippen LogP contribution in [0.25, 0.3) is 136 Å². The van der Waals surface area contributed by atoms with Crippen LogP contribution in [0.3, 0.4) is 0 Å². The van der Waals surface area contributed by atoms with Gasteiger partial charge in [-0.15, -0.1) is 11.3 Å². The first-order valence-corrected chi connectivity index (χ1v) is 23.4. The molecular formula is C63H38N2S. The fraction of sp³-hybridized carbons (Fsp3) is 0. The predicted molar refractivity (Wildman–Crippen MR) is 283 cm³/mol. The van der Waals surface area contributed by atoms with E-state index in [1.165, 1.54) is 96.3 Å². The molecule has 0 saturated heterocycles. The molecule has 2 nitrogen and oxygen atoms in total. The van der Waals surface area contributed by atoms with Gasteiger partial charge in [-0.1, -0.05) is 170 Å². The Bertz CT molecular complexity index is 4210. The summed E-state index contributed by atoms with van der Waals surface area (Å²) in [5.41, 5.74) is 12.3. The van der Waals surface area contributed by atoms with Crippen LogP contribution >= 0.6 is 11.3 Å². The fourth-order valence-electron chi connectivity index (χ4n) is 10.6. The van der Waals surface area contributed by atoms with E-state index in [4.69, 9.17) is 4.98 Å². The van der Waals surface area contributed by atoms with Gasteiger partial charge in [0.1, 0.15) is 0 Å². The molecule has 0 radical (unpaired) electrons. The van der Waals surface area contributed by atoms with Crippen LogP contribution in [-0.2, 0) is 0 Å². The van der Waals surface area contributed by atoms with Crippen LogP contribution < -0.4 is 0 Å². The van der Waals surface area contributed by atoms with Crippen molar-refractivity contribution in [3.05, 3.63) is 231 Å². The first-order valence-electron chi connectivity index (χ1n) is 22.6. The third kappa shape index (κ3) is 5.77. The summed E-state index contributed by atoms with van der Waals surface area (Å²) in [6, 6.07) is 84.8. The number of rotatable bonds is 5. The van der Waals surface area contributed by atoms with Crippen LogP contribution in [0.1, 0.15) is 0 Å². The zero-order chi connectivity index (χ0) is 43.3. The second-order valence-corrected chi connectivity index (χ2v) is 18.5. The number of hydrogen-bond donors (Lipinski definition) is 0. The second-order valence-electron chi connectivity index (χ2n) is 17.5. The van der Waals surface area contributed by atoms with E-state index in [0.717, 1.165) is 39.2 Å². The van der Waals surface area contributed by atoms with Crippen molar-refractivity contribution in [2.75, 3.05) is 0 Å². The molecule has 0 atom stereocenters. The number of fused-ring (bicyclic) bond motifs is 13. The molecule has 3 heteroatoms. The summed E-state index contributed by atoms with van der Waals surface area (Å²) in [5.74, 6) is 0. The molecule has 0 aliphatic rings. The molecule has 306 valence electrons. The first kappa shape index (κ1) is 37.0. The first-order chi connectivity index (χ1) is 32.7. The van der Waals surface area contributed by atoms with Gasteiger partial charge in [-0.3, -0.25) is 0 Å². The molecule has 0 aliphatic heterocycles. The average Bonchev–Trinajstić information content (AvgIpc) is 3.93. The Morgan fingerprint density at radius 2 is 0.818 bits per heavy atom. The number of aromatic nitrogens is 2. The molecule has 3 heterocycles. The van der Waals surface area contributed by atoms with Crippen LogP contribution in [0, 0.1) is 0 Å². The number of pyridine rings is 1. The van der Waals surface area contributed by atoms with Gasteiger partial charge in [0.25, 0.3) is 0 Å². The lowest BCUT2D eigenvalue weighted by Gasteiger charge is -2.15. The molecule has 0 saturated carbocycles. The molecule has 0 N–H and O–H groups in total. The van der Waals surface area contributed by atoms with E-state index in [-0.39, 0.29) is 0 Å². The van der Waals surface area contributed by atoms with Crippen LogP contribution in [-0.4, -0.2) is 9.55 Å².